The molecule has 1 aliphatic heterocycles. The van der Waals surface area contributed by atoms with Gasteiger partial charge in [-0.25, -0.2) is 8.78 Å². The summed E-state index contributed by atoms with van der Waals surface area (Å²) in [6.45, 7) is 0. The van der Waals surface area contributed by atoms with Crippen molar-refractivity contribution in [2.24, 2.45) is 15.9 Å². The molecule has 5 nitrogen and oxygen atoms in total. The van der Waals surface area contributed by atoms with Gasteiger partial charge in [0.15, 0.2) is 0 Å². The van der Waals surface area contributed by atoms with Crippen LogP contribution in [0.1, 0.15) is 36.0 Å². The first-order chi connectivity index (χ1) is 13.4. The molecule has 1 saturated carbocycles. The summed E-state index contributed by atoms with van der Waals surface area (Å²) in [5, 5.41) is 16.6. The highest BCUT2D eigenvalue weighted by Crippen LogP contribution is 2.37. The molecule has 2 aromatic carbocycles. The zero-order chi connectivity index (χ0) is 19.9. The van der Waals surface area contributed by atoms with Crippen molar-refractivity contribution in [1.29, 1.82) is 5.41 Å². The van der Waals surface area contributed by atoms with Crippen molar-refractivity contribution in [3.8, 4) is 0 Å². The Morgan fingerprint density at radius 2 is 1.82 bits per heavy atom. The van der Waals surface area contributed by atoms with E-state index in [1.165, 1.54) is 24.3 Å². The lowest BCUT2D eigenvalue weighted by atomic mass is 9.96. The lowest BCUT2D eigenvalue weighted by Crippen LogP contribution is -2.32. The smallest absolute Gasteiger partial charge is 0.147 e. The SMILES string of the molecule is N=C(/C=C/c1ccc(F)cc1)c1cc(C2=NN=C(C3(N)CC3)C2)cc(F)c1N. The van der Waals surface area contributed by atoms with Gasteiger partial charge in [-0.15, -0.1) is 0 Å². The fourth-order valence-corrected chi connectivity index (χ4v) is 3.06. The molecular formula is C21H19F2N5. The standard InChI is InChI=1S/C21H19F2N5/c22-14-4-1-12(2-5-14)3-6-17(24)15-9-13(10-16(23)20(15)25)18-11-19(28-27-18)21(26)7-8-21/h1-6,9-10,24H,7-8,11,25-26H2/b6-3+,24-17?. The molecule has 0 saturated heterocycles. The van der Waals surface area contributed by atoms with Crippen LogP contribution in [0.2, 0.25) is 0 Å². The topological polar surface area (TPSA) is 101 Å². The summed E-state index contributed by atoms with van der Waals surface area (Å²) in [4.78, 5) is 0. The number of rotatable bonds is 5. The molecule has 0 bridgehead atoms. The molecule has 1 heterocycles. The van der Waals surface area contributed by atoms with Crippen molar-refractivity contribution in [2.45, 2.75) is 24.8 Å². The number of hydrogen-bond donors (Lipinski definition) is 3. The molecule has 0 radical (unpaired) electrons. The second kappa shape index (κ2) is 6.76. The molecule has 0 atom stereocenters. The first-order valence-electron chi connectivity index (χ1n) is 8.90. The summed E-state index contributed by atoms with van der Waals surface area (Å²) in [5.41, 5.74) is 14.5. The highest BCUT2D eigenvalue weighted by molar-refractivity contribution is 6.20. The number of hydrogen-bond acceptors (Lipinski definition) is 5. The number of nitrogens with two attached hydrogens (primary N) is 2. The summed E-state index contributed by atoms with van der Waals surface area (Å²) in [5.74, 6) is -0.951. The van der Waals surface area contributed by atoms with E-state index in [2.05, 4.69) is 10.2 Å². The van der Waals surface area contributed by atoms with Gasteiger partial charge >= 0.3 is 0 Å². The van der Waals surface area contributed by atoms with Gasteiger partial charge in [-0.05, 0) is 48.7 Å². The van der Waals surface area contributed by atoms with Crippen LogP contribution in [0.3, 0.4) is 0 Å². The van der Waals surface area contributed by atoms with Crippen molar-refractivity contribution in [3.63, 3.8) is 0 Å². The average molecular weight is 379 g/mol. The van der Waals surface area contributed by atoms with Gasteiger partial charge in [0.1, 0.15) is 11.6 Å². The van der Waals surface area contributed by atoms with Crippen LogP contribution in [0.4, 0.5) is 14.5 Å². The Labute approximate surface area is 161 Å². The van der Waals surface area contributed by atoms with Crippen LogP contribution in [-0.2, 0) is 0 Å². The number of nitrogens with zero attached hydrogens (tertiary/aromatic N) is 2. The maximum absolute atomic E-state index is 14.4. The number of anilines is 1. The number of nitrogen functional groups attached to an aromatic ring is 1. The maximum Gasteiger partial charge on any atom is 0.147 e. The van der Waals surface area contributed by atoms with Gasteiger partial charge in [-0.1, -0.05) is 18.2 Å². The molecule has 142 valence electrons. The Morgan fingerprint density at radius 1 is 1.11 bits per heavy atom. The summed E-state index contributed by atoms with van der Waals surface area (Å²) in [7, 11) is 0. The Bertz CT molecular complexity index is 1050. The van der Waals surface area contributed by atoms with E-state index in [9.17, 15) is 8.78 Å². The van der Waals surface area contributed by atoms with Gasteiger partial charge in [-0.3, -0.25) is 0 Å². The van der Waals surface area contributed by atoms with Crippen LogP contribution in [0.5, 0.6) is 0 Å². The van der Waals surface area contributed by atoms with Crippen molar-refractivity contribution in [3.05, 3.63) is 70.8 Å². The number of benzene rings is 2. The number of halogens is 2. The van der Waals surface area contributed by atoms with Crippen molar-refractivity contribution < 1.29 is 8.78 Å². The zero-order valence-corrected chi connectivity index (χ0v) is 15.0. The minimum atomic E-state index is -0.613. The first-order valence-corrected chi connectivity index (χ1v) is 8.90. The molecule has 1 fully saturated rings. The molecule has 0 spiro atoms. The largest absolute Gasteiger partial charge is 0.396 e. The van der Waals surface area contributed by atoms with Gasteiger partial charge < -0.3 is 16.9 Å². The predicted octanol–water partition coefficient (Wildman–Crippen LogP) is 3.67. The highest BCUT2D eigenvalue weighted by Gasteiger charge is 2.45. The summed E-state index contributed by atoms with van der Waals surface area (Å²) >= 11 is 0. The average Bonchev–Trinajstić information content (AvgIpc) is 3.23. The second-order valence-corrected chi connectivity index (χ2v) is 7.14. The summed E-state index contributed by atoms with van der Waals surface area (Å²) < 4.78 is 27.4. The molecule has 2 aromatic rings. The third-order valence-corrected chi connectivity index (χ3v) is 5.06. The van der Waals surface area contributed by atoms with E-state index in [-0.39, 0.29) is 28.3 Å². The first kappa shape index (κ1) is 18.2. The van der Waals surface area contributed by atoms with Gasteiger partial charge in [0.2, 0.25) is 0 Å². The molecule has 5 N–H and O–H groups in total. The Hall–Kier alpha value is -3.19. The third-order valence-electron chi connectivity index (χ3n) is 5.06. The molecule has 0 unspecified atom stereocenters. The van der Waals surface area contributed by atoms with E-state index >= 15 is 0 Å². The lowest BCUT2D eigenvalue weighted by molar-refractivity contribution is 0.627. The summed E-state index contributed by atoms with van der Waals surface area (Å²) in [6, 6.07) is 8.79. The second-order valence-electron chi connectivity index (χ2n) is 7.14. The van der Waals surface area contributed by atoms with E-state index in [0.717, 1.165) is 24.1 Å². The molecule has 0 aromatic heterocycles. The van der Waals surface area contributed by atoms with Gasteiger partial charge in [-0.2, -0.15) is 10.2 Å². The fraction of sp³-hybridized carbons (Fsp3) is 0.190. The molecule has 0 amide bonds. The van der Waals surface area contributed by atoms with Crippen molar-refractivity contribution in [1.82, 2.24) is 0 Å². The summed E-state index contributed by atoms with van der Waals surface area (Å²) in [6.07, 6.45) is 5.38. The minimum absolute atomic E-state index is 0.0415. The Balaban J connectivity index is 1.57. The van der Waals surface area contributed by atoms with Crippen LogP contribution in [0, 0.1) is 17.0 Å². The fourth-order valence-electron chi connectivity index (χ4n) is 3.06. The van der Waals surface area contributed by atoms with Gasteiger partial charge in [0.05, 0.1) is 28.4 Å². The van der Waals surface area contributed by atoms with E-state index in [0.29, 0.717) is 17.7 Å². The van der Waals surface area contributed by atoms with E-state index in [1.54, 1.807) is 24.3 Å². The van der Waals surface area contributed by atoms with E-state index in [1.807, 2.05) is 0 Å². The van der Waals surface area contributed by atoms with E-state index in [4.69, 9.17) is 16.9 Å². The predicted molar refractivity (Wildman–Crippen MR) is 108 cm³/mol. The Morgan fingerprint density at radius 3 is 2.50 bits per heavy atom. The van der Waals surface area contributed by atoms with Crippen molar-refractivity contribution in [2.75, 3.05) is 5.73 Å². The minimum Gasteiger partial charge on any atom is -0.396 e. The molecule has 28 heavy (non-hydrogen) atoms. The quantitative estimate of drug-likeness (QED) is 0.545. The molecule has 2 aliphatic rings. The molecule has 4 rings (SSSR count). The van der Waals surface area contributed by atoms with Gasteiger partial charge in [0, 0.05) is 17.5 Å². The monoisotopic (exact) mass is 379 g/mol. The third kappa shape index (κ3) is 3.48. The molecule has 1 aliphatic carbocycles. The molecular weight excluding hydrogens is 360 g/mol. The van der Waals surface area contributed by atoms with Crippen LogP contribution in [-0.4, -0.2) is 22.7 Å². The number of allylic oxidation sites excluding steroid dienone is 1. The zero-order valence-electron chi connectivity index (χ0n) is 15.0. The van der Waals surface area contributed by atoms with Crippen LogP contribution >= 0.6 is 0 Å². The number of nitrogens with one attached hydrogen (secondary N) is 1. The van der Waals surface area contributed by atoms with Gasteiger partial charge in [0.25, 0.3) is 0 Å². The van der Waals surface area contributed by atoms with Crippen molar-refractivity contribution >= 4 is 28.9 Å². The molecule has 7 heteroatoms. The Kier molecular flexibility index (Phi) is 4.39. The van der Waals surface area contributed by atoms with Crippen LogP contribution in [0.15, 0.2) is 52.7 Å². The lowest BCUT2D eigenvalue weighted by Gasteiger charge is -2.11. The maximum atomic E-state index is 14.4. The van der Waals surface area contributed by atoms with Crippen LogP contribution < -0.4 is 11.5 Å². The van der Waals surface area contributed by atoms with E-state index < -0.39 is 5.82 Å². The van der Waals surface area contributed by atoms with Crippen LogP contribution in [0.25, 0.3) is 6.08 Å². The normalized spacial score (nSPS) is 17.5. The highest BCUT2D eigenvalue weighted by atomic mass is 19.1.